The van der Waals surface area contributed by atoms with Gasteiger partial charge in [0.15, 0.2) is 0 Å². The lowest BCUT2D eigenvalue weighted by atomic mass is 9.81. The predicted octanol–water partition coefficient (Wildman–Crippen LogP) is 4.74. The van der Waals surface area contributed by atoms with Crippen LogP contribution in [0.25, 0.3) is 0 Å². The summed E-state index contributed by atoms with van der Waals surface area (Å²) >= 11 is 0. The number of alkyl halides is 1. The lowest BCUT2D eigenvalue weighted by Crippen LogP contribution is -2.31. The highest BCUT2D eigenvalue weighted by Crippen LogP contribution is 2.39. The van der Waals surface area contributed by atoms with Gasteiger partial charge in [0, 0.05) is 35.1 Å². The van der Waals surface area contributed by atoms with Gasteiger partial charge >= 0.3 is 17.9 Å². The molecule has 1 aliphatic carbocycles. The van der Waals surface area contributed by atoms with Crippen LogP contribution in [0.3, 0.4) is 0 Å². The molecule has 0 N–H and O–H groups in total. The Morgan fingerprint density at radius 1 is 0.839 bits per heavy atom. The first-order valence-corrected chi connectivity index (χ1v) is 9.88. The molecule has 0 amide bonds. The van der Waals surface area contributed by atoms with Gasteiger partial charge in [0.2, 0.25) is 0 Å². The molecule has 0 aliphatic heterocycles. The summed E-state index contributed by atoms with van der Waals surface area (Å²) in [5.74, 6) is -2.18. The Hall–Kier alpha value is -3.22. The molecule has 1 saturated carbocycles. The van der Waals surface area contributed by atoms with Crippen LogP contribution in [0.5, 0.6) is 11.5 Å². The van der Waals surface area contributed by atoms with Crippen LogP contribution in [0, 0.1) is 0 Å². The average molecular weight is 430 g/mol. The smallest absolute Gasteiger partial charge is 0.338 e. The third kappa shape index (κ3) is 6.64. The van der Waals surface area contributed by atoms with Gasteiger partial charge in [0.25, 0.3) is 0 Å². The van der Waals surface area contributed by atoms with Crippen molar-refractivity contribution in [3.8, 4) is 11.5 Å². The summed E-state index contributed by atoms with van der Waals surface area (Å²) in [5, 5.41) is 0. The fourth-order valence-electron chi connectivity index (χ4n) is 3.13. The molecule has 0 heterocycles. The zero-order valence-electron chi connectivity index (χ0n) is 18.0. The Bertz CT molecular complexity index is 886. The molecule has 3 unspecified atom stereocenters. The normalized spacial score (nSPS) is 20.3. The first-order chi connectivity index (χ1) is 14.5. The van der Waals surface area contributed by atoms with Crippen LogP contribution in [0.15, 0.2) is 54.7 Å². The third-order valence-electron chi connectivity index (χ3n) is 4.80. The maximum atomic E-state index is 15.0. The summed E-state index contributed by atoms with van der Waals surface area (Å²) in [6.45, 7) is 15.1. The first kappa shape index (κ1) is 24.1. The molecule has 1 fully saturated rings. The molecule has 1 aromatic rings. The van der Waals surface area contributed by atoms with Gasteiger partial charge in [-0.05, 0) is 51.3 Å². The van der Waals surface area contributed by atoms with Crippen LogP contribution < -0.4 is 9.47 Å². The molecular formula is C24H27FO6. The summed E-state index contributed by atoms with van der Waals surface area (Å²) in [5.41, 5.74) is 1.14. The molecule has 0 bridgehead atoms. The van der Waals surface area contributed by atoms with Crippen molar-refractivity contribution in [2.75, 3.05) is 0 Å². The minimum Gasteiger partial charge on any atom is -0.459 e. The van der Waals surface area contributed by atoms with E-state index < -0.39 is 36.1 Å². The number of ether oxygens (including phenoxy) is 3. The predicted molar refractivity (Wildman–Crippen MR) is 114 cm³/mol. The van der Waals surface area contributed by atoms with Crippen molar-refractivity contribution >= 4 is 17.9 Å². The Morgan fingerprint density at radius 2 is 1.32 bits per heavy atom. The molecule has 0 spiro atoms. The number of benzene rings is 1. The molecule has 1 aromatic carbocycles. The molecule has 7 heteroatoms. The second-order valence-corrected chi connectivity index (χ2v) is 7.82. The van der Waals surface area contributed by atoms with Gasteiger partial charge in [0.1, 0.15) is 23.8 Å². The second kappa shape index (κ2) is 10.2. The summed E-state index contributed by atoms with van der Waals surface area (Å²) in [7, 11) is 0. The van der Waals surface area contributed by atoms with E-state index in [2.05, 4.69) is 19.7 Å². The van der Waals surface area contributed by atoms with Gasteiger partial charge in [-0.25, -0.2) is 18.8 Å². The van der Waals surface area contributed by atoms with Gasteiger partial charge in [-0.2, -0.15) is 0 Å². The number of esters is 3. The number of rotatable bonds is 7. The maximum absolute atomic E-state index is 15.0. The van der Waals surface area contributed by atoms with Crippen molar-refractivity contribution < 1.29 is 33.0 Å². The van der Waals surface area contributed by atoms with E-state index in [1.807, 2.05) is 0 Å². The quantitative estimate of drug-likeness (QED) is 0.353. The molecule has 0 radical (unpaired) electrons. The standard InChI is InChI=1S/C24H27FO6/c1-13(2)22(26)29-17-7-8-20(21(25)12-17)16-9-18(30-23(27)14(3)4)11-19(10-16)31-24(28)15(5)6/h9-11,17,20-21H,1,3,5,7-8,12H2,2,4,6H3. The highest BCUT2D eigenvalue weighted by Gasteiger charge is 2.34. The summed E-state index contributed by atoms with van der Waals surface area (Å²) < 4.78 is 30.8. The molecule has 2 rings (SSSR count). The summed E-state index contributed by atoms with van der Waals surface area (Å²) in [4.78, 5) is 35.6. The average Bonchev–Trinajstić information content (AvgIpc) is 2.67. The number of carbonyl (C=O) groups is 3. The Balaban J connectivity index is 2.27. The number of hydrogen-bond donors (Lipinski definition) is 0. The lowest BCUT2D eigenvalue weighted by Gasteiger charge is -2.32. The minimum absolute atomic E-state index is 0.0281. The van der Waals surface area contributed by atoms with Gasteiger partial charge in [-0.3, -0.25) is 0 Å². The van der Waals surface area contributed by atoms with Crippen LogP contribution in [-0.2, 0) is 19.1 Å². The molecule has 0 aromatic heterocycles. The second-order valence-electron chi connectivity index (χ2n) is 7.82. The first-order valence-electron chi connectivity index (χ1n) is 9.88. The van der Waals surface area contributed by atoms with E-state index in [1.54, 1.807) is 0 Å². The largest absolute Gasteiger partial charge is 0.459 e. The van der Waals surface area contributed by atoms with E-state index in [-0.39, 0.29) is 34.6 Å². The van der Waals surface area contributed by atoms with E-state index in [0.29, 0.717) is 18.4 Å². The van der Waals surface area contributed by atoms with Crippen molar-refractivity contribution in [2.45, 2.75) is 58.2 Å². The Labute approximate surface area is 181 Å². The maximum Gasteiger partial charge on any atom is 0.338 e. The van der Waals surface area contributed by atoms with E-state index >= 15 is 4.39 Å². The van der Waals surface area contributed by atoms with Crippen molar-refractivity contribution in [1.29, 1.82) is 0 Å². The fourth-order valence-corrected chi connectivity index (χ4v) is 3.13. The third-order valence-corrected chi connectivity index (χ3v) is 4.80. The zero-order chi connectivity index (χ0) is 23.3. The van der Waals surface area contributed by atoms with Crippen LogP contribution in [-0.4, -0.2) is 30.2 Å². The molecule has 31 heavy (non-hydrogen) atoms. The van der Waals surface area contributed by atoms with Crippen LogP contribution in [0.2, 0.25) is 0 Å². The monoisotopic (exact) mass is 430 g/mol. The highest BCUT2D eigenvalue weighted by molar-refractivity contribution is 5.90. The SMILES string of the molecule is C=C(C)C(=O)Oc1cc(OC(=O)C(=C)C)cc(C2CCC(OC(=O)C(=C)C)CC2F)c1. The number of hydrogen-bond acceptors (Lipinski definition) is 6. The highest BCUT2D eigenvalue weighted by atomic mass is 19.1. The van der Waals surface area contributed by atoms with Crippen LogP contribution in [0.4, 0.5) is 4.39 Å². The van der Waals surface area contributed by atoms with Gasteiger partial charge in [-0.15, -0.1) is 0 Å². The van der Waals surface area contributed by atoms with Crippen molar-refractivity contribution in [3.63, 3.8) is 0 Å². The number of carbonyl (C=O) groups excluding carboxylic acids is 3. The Kier molecular flexibility index (Phi) is 7.91. The lowest BCUT2D eigenvalue weighted by molar-refractivity contribution is -0.146. The van der Waals surface area contributed by atoms with Gasteiger partial charge in [-0.1, -0.05) is 19.7 Å². The fraction of sp³-hybridized carbons (Fsp3) is 0.375. The molecule has 6 nitrogen and oxygen atoms in total. The van der Waals surface area contributed by atoms with Crippen LogP contribution >= 0.6 is 0 Å². The summed E-state index contributed by atoms with van der Waals surface area (Å²) in [6.07, 6.45) is -0.976. The van der Waals surface area contributed by atoms with Crippen molar-refractivity contribution in [2.24, 2.45) is 0 Å². The van der Waals surface area contributed by atoms with E-state index in [9.17, 15) is 14.4 Å². The van der Waals surface area contributed by atoms with E-state index in [1.165, 1.54) is 39.0 Å². The number of halogens is 1. The van der Waals surface area contributed by atoms with E-state index in [4.69, 9.17) is 14.2 Å². The minimum atomic E-state index is -1.31. The van der Waals surface area contributed by atoms with Crippen LogP contribution in [0.1, 0.15) is 51.5 Å². The van der Waals surface area contributed by atoms with Crippen molar-refractivity contribution in [3.05, 3.63) is 60.2 Å². The molecule has 166 valence electrons. The van der Waals surface area contributed by atoms with E-state index in [0.717, 1.165) is 0 Å². The molecular weight excluding hydrogens is 403 g/mol. The van der Waals surface area contributed by atoms with Gasteiger partial charge in [0.05, 0.1) is 0 Å². The van der Waals surface area contributed by atoms with Gasteiger partial charge < -0.3 is 14.2 Å². The Morgan fingerprint density at radius 3 is 1.74 bits per heavy atom. The molecule has 3 atom stereocenters. The molecule has 0 saturated heterocycles. The molecule has 1 aliphatic rings. The zero-order valence-corrected chi connectivity index (χ0v) is 18.0. The topological polar surface area (TPSA) is 78.9 Å². The van der Waals surface area contributed by atoms with Crippen molar-refractivity contribution in [1.82, 2.24) is 0 Å². The summed E-state index contributed by atoms with van der Waals surface area (Å²) in [6, 6.07) is 4.45.